The summed E-state index contributed by atoms with van der Waals surface area (Å²) >= 11 is 5.91. The summed E-state index contributed by atoms with van der Waals surface area (Å²) in [5.41, 5.74) is 1.07. The minimum absolute atomic E-state index is 0.0977. The van der Waals surface area contributed by atoms with E-state index in [1.807, 2.05) is 38.1 Å². The van der Waals surface area contributed by atoms with E-state index in [0.29, 0.717) is 18.0 Å². The Morgan fingerprint density at radius 1 is 1.33 bits per heavy atom. The van der Waals surface area contributed by atoms with Crippen LogP contribution in [0, 0.1) is 0 Å². The molecule has 0 aromatic heterocycles. The molecule has 0 radical (unpaired) electrons. The molecule has 1 aromatic carbocycles. The highest BCUT2D eigenvalue weighted by molar-refractivity contribution is 7.91. The number of hydrogen-bond acceptors (Lipinski definition) is 3. The predicted octanol–water partition coefficient (Wildman–Crippen LogP) is 2.82. The maximum absolute atomic E-state index is 11.5. The van der Waals surface area contributed by atoms with E-state index < -0.39 is 9.84 Å². The Hall–Kier alpha value is -0.580. The summed E-state index contributed by atoms with van der Waals surface area (Å²) in [7, 11) is -2.91. The number of halogens is 1. The molecule has 0 fully saturated rings. The Bertz CT molecular complexity index is 474. The maximum atomic E-state index is 11.5. The van der Waals surface area contributed by atoms with E-state index >= 15 is 0 Å². The first-order chi connectivity index (χ1) is 8.44. The summed E-state index contributed by atoms with van der Waals surface area (Å²) in [5, 5.41) is 3.90. The lowest BCUT2D eigenvalue weighted by Gasteiger charge is -2.14. The Morgan fingerprint density at radius 2 is 2.06 bits per heavy atom. The topological polar surface area (TPSA) is 46.2 Å². The smallest absolute Gasteiger partial charge is 0.151 e. The molecule has 0 unspecified atom stereocenters. The predicted molar refractivity (Wildman–Crippen MR) is 76.8 cm³/mol. The molecule has 0 aliphatic heterocycles. The third-order valence-electron chi connectivity index (χ3n) is 2.73. The molecule has 1 aromatic rings. The van der Waals surface area contributed by atoms with Gasteiger partial charge in [0.1, 0.15) is 0 Å². The quantitative estimate of drug-likeness (QED) is 0.839. The molecule has 3 nitrogen and oxygen atoms in total. The van der Waals surface area contributed by atoms with Gasteiger partial charge >= 0.3 is 0 Å². The highest BCUT2D eigenvalue weighted by atomic mass is 35.5. The molecule has 0 aliphatic rings. The monoisotopic (exact) mass is 289 g/mol. The van der Waals surface area contributed by atoms with Crippen LogP contribution in [0.4, 0.5) is 0 Å². The fourth-order valence-electron chi connectivity index (χ4n) is 1.74. The van der Waals surface area contributed by atoms with Crippen molar-refractivity contribution in [2.75, 3.05) is 18.1 Å². The highest BCUT2D eigenvalue weighted by Gasteiger charge is 2.10. The first kappa shape index (κ1) is 15.5. The van der Waals surface area contributed by atoms with Gasteiger partial charge in [0, 0.05) is 23.4 Å². The second kappa shape index (κ2) is 7.12. The second-order valence-electron chi connectivity index (χ2n) is 4.38. The minimum atomic E-state index is -2.91. The first-order valence-corrected chi connectivity index (χ1v) is 8.34. The SMILES string of the molecule is CCCS(=O)(=O)CCN[C@H](C)c1cccc(Cl)c1. The third-order valence-corrected chi connectivity index (χ3v) is 4.82. The third kappa shape index (κ3) is 5.38. The van der Waals surface area contributed by atoms with E-state index in [0.717, 1.165) is 5.56 Å². The molecular formula is C13H20ClNO2S. The molecule has 0 saturated heterocycles. The lowest BCUT2D eigenvalue weighted by Crippen LogP contribution is -2.26. The Balaban J connectivity index is 2.45. The number of sulfone groups is 1. The van der Waals surface area contributed by atoms with Crippen LogP contribution in [0.1, 0.15) is 31.9 Å². The molecule has 5 heteroatoms. The average Bonchev–Trinajstić information content (AvgIpc) is 2.28. The lowest BCUT2D eigenvalue weighted by atomic mass is 10.1. The summed E-state index contributed by atoms with van der Waals surface area (Å²) in [6.45, 7) is 4.34. The van der Waals surface area contributed by atoms with Crippen LogP contribution in [0.2, 0.25) is 5.02 Å². The lowest BCUT2D eigenvalue weighted by molar-refractivity contribution is 0.571. The zero-order chi connectivity index (χ0) is 13.6. The fraction of sp³-hybridized carbons (Fsp3) is 0.538. The second-order valence-corrected chi connectivity index (χ2v) is 7.12. The molecule has 1 N–H and O–H groups in total. The summed E-state index contributed by atoms with van der Waals surface area (Å²) < 4.78 is 23.1. The summed E-state index contributed by atoms with van der Waals surface area (Å²) in [4.78, 5) is 0. The van der Waals surface area contributed by atoms with E-state index in [4.69, 9.17) is 11.6 Å². The molecule has 102 valence electrons. The number of hydrogen-bond donors (Lipinski definition) is 1. The molecular weight excluding hydrogens is 270 g/mol. The van der Waals surface area contributed by atoms with Crippen molar-refractivity contribution >= 4 is 21.4 Å². The van der Waals surface area contributed by atoms with E-state index in [2.05, 4.69) is 5.32 Å². The minimum Gasteiger partial charge on any atom is -0.309 e. The van der Waals surface area contributed by atoms with E-state index in [-0.39, 0.29) is 17.5 Å². The summed E-state index contributed by atoms with van der Waals surface area (Å²) in [6, 6.07) is 7.68. The Labute approximate surface area is 114 Å². The van der Waals surface area contributed by atoms with E-state index in [9.17, 15) is 8.42 Å². The molecule has 18 heavy (non-hydrogen) atoms. The van der Waals surface area contributed by atoms with Crippen molar-refractivity contribution in [1.82, 2.24) is 5.32 Å². The van der Waals surface area contributed by atoms with Gasteiger partial charge in [-0.15, -0.1) is 0 Å². The van der Waals surface area contributed by atoms with E-state index in [1.54, 1.807) is 0 Å². The van der Waals surface area contributed by atoms with Crippen LogP contribution in [0.15, 0.2) is 24.3 Å². The van der Waals surface area contributed by atoms with Gasteiger partial charge in [0.2, 0.25) is 0 Å². The van der Waals surface area contributed by atoms with Crippen molar-refractivity contribution in [3.05, 3.63) is 34.9 Å². The van der Waals surface area contributed by atoms with Crippen molar-refractivity contribution < 1.29 is 8.42 Å². The van der Waals surface area contributed by atoms with Crippen molar-refractivity contribution in [3.8, 4) is 0 Å². The molecule has 0 bridgehead atoms. The van der Waals surface area contributed by atoms with Gasteiger partial charge in [-0.1, -0.05) is 30.7 Å². The zero-order valence-corrected chi connectivity index (χ0v) is 12.4. The van der Waals surface area contributed by atoms with Gasteiger partial charge in [-0.3, -0.25) is 0 Å². The van der Waals surface area contributed by atoms with Crippen LogP contribution < -0.4 is 5.32 Å². The van der Waals surface area contributed by atoms with Crippen molar-refractivity contribution in [2.45, 2.75) is 26.3 Å². The Kier molecular flexibility index (Phi) is 6.12. The highest BCUT2D eigenvalue weighted by Crippen LogP contribution is 2.17. The Morgan fingerprint density at radius 3 is 2.67 bits per heavy atom. The van der Waals surface area contributed by atoms with Crippen molar-refractivity contribution in [2.24, 2.45) is 0 Å². The van der Waals surface area contributed by atoms with Crippen LogP contribution in [-0.2, 0) is 9.84 Å². The average molecular weight is 290 g/mol. The largest absolute Gasteiger partial charge is 0.309 e. The molecule has 1 atom stereocenters. The molecule has 1 rings (SSSR count). The van der Waals surface area contributed by atoms with Crippen LogP contribution in [0.25, 0.3) is 0 Å². The standard InChI is InChI=1S/C13H20ClNO2S/c1-3-8-18(16,17)9-7-15-11(2)12-5-4-6-13(14)10-12/h4-6,10-11,15H,3,7-9H2,1-2H3/t11-/m1/s1. The molecule has 0 heterocycles. The van der Waals surface area contributed by atoms with E-state index in [1.165, 1.54) is 0 Å². The zero-order valence-electron chi connectivity index (χ0n) is 10.8. The number of benzene rings is 1. The van der Waals surface area contributed by atoms with Crippen LogP contribution in [0.3, 0.4) is 0 Å². The van der Waals surface area contributed by atoms with Gasteiger partial charge < -0.3 is 5.32 Å². The van der Waals surface area contributed by atoms with Gasteiger partial charge in [0.25, 0.3) is 0 Å². The summed E-state index contributed by atoms with van der Waals surface area (Å²) in [6.07, 6.45) is 0.673. The molecule has 0 saturated carbocycles. The van der Waals surface area contributed by atoms with Gasteiger partial charge in [0.05, 0.1) is 5.75 Å². The molecule has 0 aliphatic carbocycles. The molecule has 0 amide bonds. The van der Waals surface area contributed by atoms with Crippen molar-refractivity contribution in [1.29, 1.82) is 0 Å². The van der Waals surface area contributed by atoms with Crippen molar-refractivity contribution in [3.63, 3.8) is 0 Å². The van der Waals surface area contributed by atoms with Gasteiger partial charge in [-0.05, 0) is 31.0 Å². The van der Waals surface area contributed by atoms with Gasteiger partial charge in [-0.25, -0.2) is 8.42 Å². The first-order valence-electron chi connectivity index (χ1n) is 6.14. The van der Waals surface area contributed by atoms with Crippen LogP contribution in [0.5, 0.6) is 0 Å². The normalized spacial score (nSPS) is 13.5. The summed E-state index contributed by atoms with van der Waals surface area (Å²) in [5.74, 6) is 0.450. The van der Waals surface area contributed by atoms with Gasteiger partial charge in [0.15, 0.2) is 9.84 Å². The van der Waals surface area contributed by atoms with Crippen LogP contribution >= 0.6 is 11.6 Å². The molecule has 0 spiro atoms. The van der Waals surface area contributed by atoms with Gasteiger partial charge in [-0.2, -0.15) is 0 Å². The number of rotatable bonds is 7. The fourth-order valence-corrected chi connectivity index (χ4v) is 3.19. The maximum Gasteiger partial charge on any atom is 0.151 e. The van der Waals surface area contributed by atoms with Crippen LogP contribution in [-0.4, -0.2) is 26.5 Å². The number of nitrogens with one attached hydrogen (secondary N) is 1.